The van der Waals surface area contributed by atoms with Gasteiger partial charge in [-0.15, -0.1) is 11.3 Å². The van der Waals surface area contributed by atoms with E-state index in [2.05, 4.69) is 15.0 Å². The number of hydrogen-bond donors (Lipinski definition) is 2. The van der Waals surface area contributed by atoms with Gasteiger partial charge in [0, 0.05) is 10.9 Å². The first-order valence-corrected chi connectivity index (χ1v) is 7.10. The van der Waals surface area contributed by atoms with Gasteiger partial charge in [0.2, 0.25) is 0 Å². The number of anilines is 1. The molecule has 1 aromatic heterocycles. The van der Waals surface area contributed by atoms with Crippen molar-refractivity contribution < 1.29 is 14.3 Å². The molecule has 0 unspecified atom stereocenters. The van der Waals surface area contributed by atoms with Gasteiger partial charge in [0.1, 0.15) is 0 Å². The Morgan fingerprint density at radius 2 is 2.09 bits per heavy atom. The molecule has 2 aromatic rings. The molecule has 2 amide bonds. The molecule has 0 aliphatic rings. The molecule has 1 aromatic carbocycles. The Kier molecular flexibility index (Phi) is 4.70. The van der Waals surface area contributed by atoms with E-state index < -0.39 is 18.1 Å². The van der Waals surface area contributed by atoms with Gasteiger partial charge in [-0.1, -0.05) is 12.1 Å². The van der Waals surface area contributed by atoms with Crippen LogP contribution in [0.5, 0.6) is 0 Å². The van der Waals surface area contributed by atoms with Gasteiger partial charge in [-0.25, -0.2) is 9.78 Å². The maximum absolute atomic E-state index is 11.8. The second-order valence-corrected chi connectivity index (χ2v) is 5.15. The molecule has 1 heterocycles. The van der Waals surface area contributed by atoms with E-state index in [1.807, 2.05) is 6.07 Å². The molecule has 22 heavy (non-hydrogen) atoms. The van der Waals surface area contributed by atoms with E-state index in [-0.39, 0.29) is 0 Å². The summed E-state index contributed by atoms with van der Waals surface area (Å²) in [5, 5.41) is 13.5. The Hall–Kier alpha value is -2.92. The summed E-state index contributed by atoms with van der Waals surface area (Å²) < 4.78 is 4.57. The van der Waals surface area contributed by atoms with Crippen LogP contribution in [-0.4, -0.2) is 23.1 Å². The van der Waals surface area contributed by atoms with Crippen LogP contribution in [0.2, 0.25) is 0 Å². The summed E-state index contributed by atoms with van der Waals surface area (Å²) in [5.41, 5.74) is 6.92. The quantitative estimate of drug-likeness (QED) is 0.895. The van der Waals surface area contributed by atoms with Crippen molar-refractivity contribution in [3.05, 3.63) is 35.2 Å². The number of aromatic nitrogens is 1. The number of thiazole rings is 1. The second kappa shape index (κ2) is 6.69. The molecule has 0 fully saturated rings. The fourth-order valence-electron chi connectivity index (χ4n) is 1.61. The van der Waals surface area contributed by atoms with Crippen LogP contribution in [0.1, 0.15) is 12.5 Å². The molecule has 0 radical (unpaired) electrons. The van der Waals surface area contributed by atoms with E-state index in [4.69, 9.17) is 11.0 Å². The highest BCUT2D eigenvalue weighted by molar-refractivity contribution is 7.14. The zero-order valence-corrected chi connectivity index (χ0v) is 12.4. The third kappa shape index (κ3) is 3.80. The summed E-state index contributed by atoms with van der Waals surface area (Å²) in [5.74, 6) is -0.514. The molecule has 0 aliphatic heterocycles. The lowest BCUT2D eigenvalue weighted by atomic mass is 10.1. The van der Waals surface area contributed by atoms with Gasteiger partial charge in [-0.2, -0.15) is 5.26 Å². The number of nitrogens with one attached hydrogen (secondary N) is 1. The monoisotopic (exact) mass is 316 g/mol. The van der Waals surface area contributed by atoms with Crippen molar-refractivity contribution in [2.75, 3.05) is 5.32 Å². The highest BCUT2D eigenvalue weighted by Crippen LogP contribution is 2.25. The van der Waals surface area contributed by atoms with Crippen LogP contribution < -0.4 is 11.1 Å². The van der Waals surface area contributed by atoms with E-state index in [0.717, 1.165) is 5.56 Å². The Bertz CT molecular complexity index is 733. The van der Waals surface area contributed by atoms with Gasteiger partial charge in [0.25, 0.3) is 5.91 Å². The molecule has 0 bridgehead atoms. The maximum atomic E-state index is 11.8. The predicted octanol–water partition coefficient (Wildman–Crippen LogP) is 2.10. The van der Waals surface area contributed by atoms with E-state index in [0.29, 0.717) is 16.4 Å². The average Bonchev–Trinajstić information content (AvgIpc) is 2.95. The molecule has 1 atom stereocenters. The molecular weight excluding hydrogens is 304 g/mol. The number of carbonyl (C=O) groups excluding carboxylic acids is 2. The van der Waals surface area contributed by atoms with E-state index in [1.54, 1.807) is 29.6 Å². The minimum Gasteiger partial charge on any atom is -0.437 e. The first kappa shape index (κ1) is 15.5. The molecule has 2 rings (SSSR count). The number of amides is 2. The van der Waals surface area contributed by atoms with Crippen LogP contribution in [-0.2, 0) is 9.53 Å². The lowest BCUT2D eigenvalue weighted by molar-refractivity contribution is -0.123. The van der Waals surface area contributed by atoms with Crippen molar-refractivity contribution in [1.29, 1.82) is 5.26 Å². The minimum atomic E-state index is -1.01. The van der Waals surface area contributed by atoms with E-state index in [1.165, 1.54) is 18.3 Å². The largest absolute Gasteiger partial charge is 0.437 e. The Morgan fingerprint density at radius 3 is 2.68 bits per heavy atom. The number of carbonyl (C=O) groups is 2. The standard InChI is InChI=1S/C14H12N4O3S/c1-8(21-13(16)20)12(19)18-14-17-11(7-22-14)10-4-2-9(6-15)3-5-10/h2-5,7-8H,1H3,(H2,16,20)(H,17,18,19)/t8-/m0/s1. The van der Waals surface area contributed by atoms with Gasteiger partial charge in [0.15, 0.2) is 11.2 Å². The molecule has 8 heteroatoms. The Balaban J connectivity index is 2.06. The first-order chi connectivity index (χ1) is 10.5. The molecule has 0 spiro atoms. The molecule has 3 N–H and O–H groups in total. The number of rotatable bonds is 4. The topological polar surface area (TPSA) is 118 Å². The van der Waals surface area contributed by atoms with Crippen LogP contribution in [0.25, 0.3) is 11.3 Å². The lowest BCUT2D eigenvalue weighted by Crippen LogP contribution is -2.31. The number of nitrogens with two attached hydrogens (primary N) is 1. The third-order valence-electron chi connectivity index (χ3n) is 2.71. The summed E-state index contributed by atoms with van der Waals surface area (Å²) >= 11 is 1.24. The Labute approximate surface area is 130 Å². The molecular formula is C14H12N4O3S. The van der Waals surface area contributed by atoms with Gasteiger partial charge in [0.05, 0.1) is 17.3 Å². The SMILES string of the molecule is C[C@H](OC(N)=O)C(=O)Nc1nc(-c2ccc(C#N)cc2)cs1. The highest BCUT2D eigenvalue weighted by atomic mass is 32.1. The number of benzene rings is 1. The summed E-state index contributed by atoms with van der Waals surface area (Å²) in [4.78, 5) is 26.6. The molecule has 0 aliphatic carbocycles. The van der Waals surface area contributed by atoms with Crippen molar-refractivity contribution in [1.82, 2.24) is 4.98 Å². The van der Waals surface area contributed by atoms with E-state index in [9.17, 15) is 9.59 Å². The van der Waals surface area contributed by atoms with E-state index >= 15 is 0 Å². The smallest absolute Gasteiger partial charge is 0.405 e. The van der Waals surface area contributed by atoms with Crippen LogP contribution >= 0.6 is 11.3 Å². The van der Waals surface area contributed by atoms with Crippen molar-refractivity contribution in [2.45, 2.75) is 13.0 Å². The van der Waals surface area contributed by atoms with Crippen LogP contribution in [0, 0.1) is 11.3 Å². The minimum absolute atomic E-state index is 0.379. The lowest BCUT2D eigenvalue weighted by Gasteiger charge is -2.09. The molecule has 7 nitrogen and oxygen atoms in total. The summed E-state index contributed by atoms with van der Waals surface area (Å²) in [6, 6.07) is 8.97. The van der Waals surface area contributed by atoms with Gasteiger partial charge in [-0.3, -0.25) is 10.1 Å². The fraction of sp³-hybridized carbons (Fsp3) is 0.143. The summed E-state index contributed by atoms with van der Waals surface area (Å²) in [6.45, 7) is 1.41. The second-order valence-electron chi connectivity index (χ2n) is 4.30. The number of hydrogen-bond acceptors (Lipinski definition) is 6. The number of nitriles is 1. The molecule has 0 saturated heterocycles. The number of ether oxygens (including phenoxy) is 1. The molecule has 112 valence electrons. The first-order valence-electron chi connectivity index (χ1n) is 6.22. The Morgan fingerprint density at radius 1 is 1.41 bits per heavy atom. The third-order valence-corrected chi connectivity index (χ3v) is 3.46. The number of nitrogens with zero attached hydrogens (tertiary/aromatic N) is 2. The highest BCUT2D eigenvalue weighted by Gasteiger charge is 2.17. The van der Waals surface area contributed by atoms with Gasteiger partial charge >= 0.3 is 6.09 Å². The summed E-state index contributed by atoms with van der Waals surface area (Å²) in [7, 11) is 0. The zero-order valence-electron chi connectivity index (χ0n) is 11.6. The maximum Gasteiger partial charge on any atom is 0.405 e. The van der Waals surface area contributed by atoms with Crippen molar-refractivity contribution in [3.63, 3.8) is 0 Å². The van der Waals surface area contributed by atoms with Crippen molar-refractivity contribution in [3.8, 4) is 17.3 Å². The van der Waals surface area contributed by atoms with Crippen molar-refractivity contribution >= 4 is 28.5 Å². The number of primary amides is 1. The van der Waals surface area contributed by atoms with Crippen LogP contribution in [0.3, 0.4) is 0 Å². The fourth-order valence-corrected chi connectivity index (χ4v) is 2.34. The zero-order chi connectivity index (χ0) is 16.1. The normalized spacial score (nSPS) is 11.3. The van der Waals surface area contributed by atoms with Crippen molar-refractivity contribution in [2.24, 2.45) is 5.73 Å². The predicted molar refractivity (Wildman–Crippen MR) is 81.0 cm³/mol. The summed E-state index contributed by atoms with van der Waals surface area (Å²) in [6.07, 6.45) is -2.01. The van der Waals surface area contributed by atoms with Crippen LogP contribution in [0.4, 0.5) is 9.93 Å². The average molecular weight is 316 g/mol. The van der Waals surface area contributed by atoms with Gasteiger partial charge < -0.3 is 10.5 Å². The van der Waals surface area contributed by atoms with Gasteiger partial charge in [-0.05, 0) is 19.1 Å². The van der Waals surface area contributed by atoms with Crippen LogP contribution in [0.15, 0.2) is 29.6 Å². The molecule has 0 saturated carbocycles.